The summed E-state index contributed by atoms with van der Waals surface area (Å²) in [5.41, 5.74) is 0.243. The summed E-state index contributed by atoms with van der Waals surface area (Å²) in [4.78, 5) is 24.0. The molecule has 1 N–H and O–H groups in total. The fraction of sp³-hybridized carbons (Fsp3) is 0.385. The summed E-state index contributed by atoms with van der Waals surface area (Å²) in [5, 5.41) is 9.04. The van der Waals surface area contributed by atoms with Crippen molar-refractivity contribution in [3.63, 3.8) is 0 Å². The molecule has 6 heteroatoms. The number of rotatable bonds is 4. The zero-order valence-electron chi connectivity index (χ0n) is 10.3. The summed E-state index contributed by atoms with van der Waals surface area (Å²) >= 11 is 5.88. The van der Waals surface area contributed by atoms with Crippen LogP contribution in [0.1, 0.15) is 12.0 Å². The molecule has 0 radical (unpaired) electrons. The number of carbonyl (C=O) groups excluding carboxylic acids is 1. The Morgan fingerprint density at radius 2 is 2.16 bits per heavy atom. The molecule has 1 aromatic rings. The van der Waals surface area contributed by atoms with Gasteiger partial charge in [0.05, 0.1) is 11.8 Å². The molecule has 0 aromatic heterocycles. The highest BCUT2D eigenvalue weighted by atomic mass is 35.5. The molecule has 0 aliphatic heterocycles. The lowest BCUT2D eigenvalue weighted by molar-refractivity contribution is -0.141. The van der Waals surface area contributed by atoms with Crippen molar-refractivity contribution in [2.75, 3.05) is 7.05 Å². The molecule has 2 atom stereocenters. The SMILES string of the molecule is CN(Cc1c(F)cccc1Cl)C(=O)C1CC1C(=O)O. The van der Waals surface area contributed by atoms with E-state index in [4.69, 9.17) is 16.7 Å². The van der Waals surface area contributed by atoms with E-state index in [0.717, 1.165) is 0 Å². The van der Waals surface area contributed by atoms with E-state index in [-0.39, 0.29) is 23.0 Å². The third-order valence-corrected chi connectivity index (χ3v) is 3.61. The predicted octanol–water partition coefficient (Wildman–Crippen LogP) is 2.16. The van der Waals surface area contributed by atoms with Crippen molar-refractivity contribution in [2.24, 2.45) is 11.8 Å². The number of benzene rings is 1. The van der Waals surface area contributed by atoms with Crippen LogP contribution >= 0.6 is 11.6 Å². The molecule has 2 unspecified atom stereocenters. The van der Waals surface area contributed by atoms with Crippen LogP contribution in [-0.4, -0.2) is 28.9 Å². The number of carboxylic acid groups (broad SMARTS) is 1. The van der Waals surface area contributed by atoms with E-state index in [1.165, 1.54) is 24.1 Å². The summed E-state index contributed by atoms with van der Waals surface area (Å²) in [6, 6.07) is 4.32. The number of nitrogens with zero attached hydrogens (tertiary/aromatic N) is 1. The Morgan fingerprint density at radius 3 is 2.68 bits per heavy atom. The molecule has 1 aliphatic rings. The average Bonchev–Trinajstić information content (AvgIpc) is 3.13. The molecule has 0 bridgehead atoms. The van der Waals surface area contributed by atoms with E-state index in [1.54, 1.807) is 6.07 Å². The van der Waals surface area contributed by atoms with Crippen molar-refractivity contribution >= 4 is 23.5 Å². The van der Waals surface area contributed by atoms with Crippen LogP contribution in [0.4, 0.5) is 4.39 Å². The molecule has 19 heavy (non-hydrogen) atoms. The number of aliphatic carboxylic acids is 1. The van der Waals surface area contributed by atoms with Gasteiger partial charge in [-0.25, -0.2) is 4.39 Å². The number of carboxylic acids is 1. The zero-order chi connectivity index (χ0) is 14.2. The molecular weight excluding hydrogens is 273 g/mol. The second-order valence-electron chi connectivity index (χ2n) is 4.68. The van der Waals surface area contributed by atoms with Crippen LogP contribution in [-0.2, 0) is 16.1 Å². The third kappa shape index (κ3) is 2.87. The Balaban J connectivity index is 2.04. The van der Waals surface area contributed by atoms with Gasteiger partial charge in [0, 0.05) is 24.2 Å². The first kappa shape index (κ1) is 13.8. The van der Waals surface area contributed by atoms with Crippen molar-refractivity contribution in [1.82, 2.24) is 4.90 Å². The van der Waals surface area contributed by atoms with Crippen molar-refractivity contribution in [1.29, 1.82) is 0 Å². The van der Waals surface area contributed by atoms with Gasteiger partial charge in [-0.05, 0) is 18.6 Å². The topological polar surface area (TPSA) is 57.6 Å². The summed E-state index contributed by atoms with van der Waals surface area (Å²) < 4.78 is 13.6. The predicted molar refractivity (Wildman–Crippen MR) is 67.1 cm³/mol. The molecule has 102 valence electrons. The Kier molecular flexibility index (Phi) is 3.75. The standard InChI is InChI=1S/C13H13ClFNO3/c1-16(12(17)7-5-8(7)13(18)19)6-9-10(14)3-2-4-11(9)15/h2-4,7-8H,5-6H2,1H3,(H,18,19). The molecule has 0 spiro atoms. The van der Waals surface area contributed by atoms with Gasteiger partial charge in [0.25, 0.3) is 0 Å². The van der Waals surface area contributed by atoms with Gasteiger partial charge in [-0.2, -0.15) is 0 Å². The molecule has 1 aliphatic carbocycles. The molecule has 2 rings (SSSR count). The fourth-order valence-corrected chi connectivity index (χ4v) is 2.25. The van der Waals surface area contributed by atoms with Crippen LogP contribution < -0.4 is 0 Å². The van der Waals surface area contributed by atoms with Crippen molar-refractivity contribution in [3.8, 4) is 0 Å². The number of hydrogen-bond acceptors (Lipinski definition) is 2. The normalized spacial score (nSPS) is 21.0. The monoisotopic (exact) mass is 285 g/mol. The minimum atomic E-state index is -0.962. The fourth-order valence-electron chi connectivity index (χ4n) is 2.02. The highest BCUT2D eigenvalue weighted by Gasteiger charge is 2.49. The Bertz CT molecular complexity index is 514. The van der Waals surface area contributed by atoms with Gasteiger partial charge in [0.15, 0.2) is 0 Å². The zero-order valence-corrected chi connectivity index (χ0v) is 11.0. The quantitative estimate of drug-likeness (QED) is 0.922. The maximum atomic E-state index is 13.6. The highest BCUT2D eigenvalue weighted by Crippen LogP contribution is 2.40. The first-order valence-electron chi connectivity index (χ1n) is 5.82. The Hall–Kier alpha value is -1.62. The second kappa shape index (κ2) is 5.17. The number of hydrogen-bond donors (Lipinski definition) is 1. The lowest BCUT2D eigenvalue weighted by Crippen LogP contribution is -2.29. The van der Waals surface area contributed by atoms with Gasteiger partial charge in [0.2, 0.25) is 5.91 Å². The molecule has 1 amide bonds. The van der Waals surface area contributed by atoms with E-state index in [1.807, 2.05) is 0 Å². The van der Waals surface area contributed by atoms with E-state index >= 15 is 0 Å². The molecule has 4 nitrogen and oxygen atoms in total. The van der Waals surface area contributed by atoms with Crippen LogP contribution in [0.15, 0.2) is 18.2 Å². The van der Waals surface area contributed by atoms with Gasteiger partial charge in [0.1, 0.15) is 5.82 Å². The molecule has 0 saturated heterocycles. The summed E-state index contributed by atoms with van der Waals surface area (Å²) in [7, 11) is 1.52. The molecular formula is C13H13ClFNO3. The smallest absolute Gasteiger partial charge is 0.307 e. The Morgan fingerprint density at radius 1 is 1.47 bits per heavy atom. The maximum Gasteiger partial charge on any atom is 0.307 e. The van der Waals surface area contributed by atoms with Crippen LogP contribution in [0, 0.1) is 17.7 Å². The first-order valence-corrected chi connectivity index (χ1v) is 6.20. The lowest BCUT2D eigenvalue weighted by Gasteiger charge is -2.18. The summed E-state index contributed by atoms with van der Waals surface area (Å²) in [6.45, 7) is 0.0349. The molecule has 0 heterocycles. The van der Waals surface area contributed by atoms with Crippen LogP contribution in [0.5, 0.6) is 0 Å². The van der Waals surface area contributed by atoms with Crippen LogP contribution in [0.25, 0.3) is 0 Å². The van der Waals surface area contributed by atoms with Crippen molar-refractivity contribution < 1.29 is 19.1 Å². The van der Waals surface area contributed by atoms with Gasteiger partial charge in [-0.3, -0.25) is 9.59 Å². The molecule has 1 fully saturated rings. The van der Waals surface area contributed by atoms with Gasteiger partial charge in [-0.15, -0.1) is 0 Å². The van der Waals surface area contributed by atoms with Gasteiger partial charge < -0.3 is 10.0 Å². The third-order valence-electron chi connectivity index (χ3n) is 3.26. The number of carbonyl (C=O) groups is 2. The average molecular weight is 286 g/mol. The van der Waals surface area contributed by atoms with Gasteiger partial charge >= 0.3 is 5.97 Å². The van der Waals surface area contributed by atoms with E-state index < -0.39 is 23.6 Å². The molecule has 1 aromatic carbocycles. The lowest BCUT2D eigenvalue weighted by atomic mass is 10.2. The second-order valence-corrected chi connectivity index (χ2v) is 5.09. The van der Waals surface area contributed by atoms with Crippen LogP contribution in [0.3, 0.4) is 0 Å². The van der Waals surface area contributed by atoms with E-state index in [2.05, 4.69) is 0 Å². The minimum absolute atomic E-state index is 0.0349. The molecule has 1 saturated carbocycles. The first-order chi connectivity index (χ1) is 8.91. The van der Waals surface area contributed by atoms with E-state index in [0.29, 0.717) is 6.42 Å². The van der Waals surface area contributed by atoms with E-state index in [9.17, 15) is 14.0 Å². The van der Waals surface area contributed by atoms with Gasteiger partial charge in [-0.1, -0.05) is 17.7 Å². The number of halogens is 2. The number of amides is 1. The Labute approximate surface area is 114 Å². The van der Waals surface area contributed by atoms with Crippen LogP contribution in [0.2, 0.25) is 5.02 Å². The van der Waals surface area contributed by atoms with Crippen molar-refractivity contribution in [2.45, 2.75) is 13.0 Å². The summed E-state index contributed by atoms with van der Waals surface area (Å²) in [5.74, 6) is -2.82. The largest absolute Gasteiger partial charge is 0.481 e. The maximum absolute atomic E-state index is 13.6. The van der Waals surface area contributed by atoms with Crippen molar-refractivity contribution in [3.05, 3.63) is 34.6 Å². The highest BCUT2D eigenvalue weighted by molar-refractivity contribution is 6.31. The summed E-state index contributed by atoms with van der Waals surface area (Å²) in [6.07, 6.45) is 0.351. The minimum Gasteiger partial charge on any atom is -0.481 e.